The first-order valence-corrected chi connectivity index (χ1v) is 11.5. The Bertz CT molecular complexity index is 1040. The van der Waals surface area contributed by atoms with Gasteiger partial charge in [0.15, 0.2) is 0 Å². The van der Waals surface area contributed by atoms with Crippen LogP contribution in [0.25, 0.3) is 0 Å². The van der Waals surface area contributed by atoms with Gasteiger partial charge in [0, 0.05) is 38.6 Å². The molecule has 1 heterocycles. The highest BCUT2D eigenvalue weighted by Gasteiger charge is 2.25. The van der Waals surface area contributed by atoms with Crippen molar-refractivity contribution in [2.75, 3.05) is 30.9 Å². The van der Waals surface area contributed by atoms with Crippen LogP contribution < -0.4 is 15.5 Å². The number of carbonyl (C=O) groups excluding carboxylic acids is 2. The molecule has 1 unspecified atom stereocenters. The number of anilines is 2. The monoisotopic (exact) mass is 450 g/mol. The summed E-state index contributed by atoms with van der Waals surface area (Å²) >= 11 is 1.44. The Hall–Kier alpha value is -3.32. The zero-order valence-corrected chi connectivity index (χ0v) is 19.8. The number of hydrogen-bond acceptors (Lipinski definition) is 4. The molecule has 0 radical (unpaired) electrons. The molecular weight excluding hydrogens is 420 g/mol. The van der Waals surface area contributed by atoms with Gasteiger partial charge in [-0.05, 0) is 54.6 Å². The van der Waals surface area contributed by atoms with Crippen molar-refractivity contribution in [3.8, 4) is 0 Å². The number of nitrogens with one attached hydrogen (secondary N) is 2. The summed E-state index contributed by atoms with van der Waals surface area (Å²) in [4.78, 5) is 30.1. The highest BCUT2D eigenvalue weighted by molar-refractivity contribution is 7.12. The van der Waals surface area contributed by atoms with Crippen LogP contribution in [0.15, 0.2) is 66.0 Å². The maximum absolute atomic E-state index is 13.5. The number of rotatable bonds is 8. The van der Waals surface area contributed by atoms with Gasteiger partial charge in [0.1, 0.15) is 0 Å². The molecule has 6 nitrogen and oxygen atoms in total. The van der Waals surface area contributed by atoms with E-state index in [1.54, 1.807) is 0 Å². The third kappa shape index (κ3) is 5.68. The minimum atomic E-state index is -0.250. The van der Waals surface area contributed by atoms with Gasteiger partial charge in [0.25, 0.3) is 5.91 Å². The second-order valence-electron chi connectivity index (χ2n) is 7.72. The molecule has 3 amide bonds. The summed E-state index contributed by atoms with van der Waals surface area (Å²) < 4.78 is 0. The maximum Gasteiger partial charge on any atom is 0.319 e. The number of hydrogen-bond donors (Lipinski definition) is 2. The average molecular weight is 451 g/mol. The lowest BCUT2D eigenvalue weighted by molar-refractivity contribution is 0.0679. The fraction of sp³-hybridized carbons (Fsp3) is 0.280. The molecule has 3 aromatic rings. The van der Waals surface area contributed by atoms with E-state index < -0.39 is 0 Å². The van der Waals surface area contributed by atoms with Crippen molar-refractivity contribution in [2.24, 2.45) is 0 Å². The van der Waals surface area contributed by atoms with Gasteiger partial charge in [0.05, 0.1) is 10.9 Å². The van der Waals surface area contributed by atoms with E-state index in [2.05, 4.69) is 10.6 Å². The summed E-state index contributed by atoms with van der Waals surface area (Å²) in [6.07, 6.45) is 0. The molecular formula is C25H30N4O2S. The van der Waals surface area contributed by atoms with E-state index in [0.29, 0.717) is 23.7 Å². The first-order valence-electron chi connectivity index (χ1n) is 10.6. The standard InChI is InChI=1S/C25H30N4O2S/c1-5-26-25(31)27-21-13-14-22(28(3)4)20(16-21)17-29(24(30)23-12-9-15-32-23)18(2)19-10-7-6-8-11-19/h6-16,18H,5,17H2,1-4H3,(H2,26,27,31). The molecule has 2 aromatic carbocycles. The largest absolute Gasteiger partial charge is 0.377 e. The summed E-state index contributed by atoms with van der Waals surface area (Å²) in [5, 5.41) is 7.53. The van der Waals surface area contributed by atoms with Crippen LogP contribution in [0.2, 0.25) is 0 Å². The van der Waals surface area contributed by atoms with Crippen LogP contribution in [0.3, 0.4) is 0 Å². The minimum absolute atomic E-state index is 0.0110. The fourth-order valence-corrected chi connectivity index (χ4v) is 4.26. The molecule has 32 heavy (non-hydrogen) atoms. The lowest BCUT2D eigenvalue weighted by Gasteiger charge is -2.31. The topological polar surface area (TPSA) is 64.7 Å². The summed E-state index contributed by atoms with van der Waals surface area (Å²) in [6.45, 7) is 4.88. The lowest BCUT2D eigenvalue weighted by atomic mass is 10.0. The molecule has 7 heteroatoms. The van der Waals surface area contributed by atoms with Crippen molar-refractivity contribution in [3.05, 3.63) is 82.0 Å². The Balaban J connectivity index is 1.98. The molecule has 0 saturated heterocycles. The molecule has 0 saturated carbocycles. The van der Waals surface area contributed by atoms with Crippen LogP contribution in [0.1, 0.15) is 40.7 Å². The number of nitrogens with zero attached hydrogens (tertiary/aromatic N) is 2. The van der Waals surface area contributed by atoms with Gasteiger partial charge < -0.3 is 20.4 Å². The average Bonchev–Trinajstić information content (AvgIpc) is 3.32. The van der Waals surface area contributed by atoms with E-state index in [4.69, 9.17) is 0 Å². The number of carbonyl (C=O) groups is 2. The van der Waals surface area contributed by atoms with Crippen molar-refractivity contribution in [3.63, 3.8) is 0 Å². The fourth-order valence-electron chi connectivity index (χ4n) is 3.58. The van der Waals surface area contributed by atoms with Crippen molar-refractivity contribution < 1.29 is 9.59 Å². The van der Waals surface area contributed by atoms with Crippen LogP contribution in [0.5, 0.6) is 0 Å². The molecule has 0 aliphatic carbocycles. The zero-order valence-electron chi connectivity index (χ0n) is 19.0. The normalized spacial score (nSPS) is 11.5. The van der Waals surface area contributed by atoms with Crippen LogP contribution in [0.4, 0.5) is 16.2 Å². The second-order valence-corrected chi connectivity index (χ2v) is 8.67. The van der Waals surface area contributed by atoms with E-state index in [1.807, 2.05) is 104 Å². The minimum Gasteiger partial charge on any atom is -0.377 e. The molecule has 0 aliphatic rings. The Morgan fingerprint density at radius 2 is 1.78 bits per heavy atom. The number of urea groups is 1. The van der Waals surface area contributed by atoms with E-state index in [-0.39, 0.29) is 18.0 Å². The summed E-state index contributed by atoms with van der Waals surface area (Å²) in [5.41, 5.74) is 3.71. The van der Waals surface area contributed by atoms with Gasteiger partial charge in [-0.25, -0.2) is 4.79 Å². The summed E-state index contributed by atoms with van der Waals surface area (Å²) in [7, 11) is 3.95. The van der Waals surface area contributed by atoms with E-state index >= 15 is 0 Å². The van der Waals surface area contributed by atoms with E-state index in [1.165, 1.54) is 11.3 Å². The first-order chi connectivity index (χ1) is 15.4. The van der Waals surface area contributed by atoms with Crippen LogP contribution in [0, 0.1) is 0 Å². The van der Waals surface area contributed by atoms with Gasteiger partial charge in [-0.3, -0.25) is 4.79 Å². The van der Waals surface area contributed by atoms with Crippen LogP contribution in [-0.2, 0) is 6.54 Å². The predicted molar refractivity (Wildman–Crippen MR) is 133 cm³/mol. The van der Waals surface area contributed by atoms with Crippen molar-refractivity contribution >= 4 is 34.6 Å². The molecule has 0 bridgehead atoms. The molecule has 0 aliphatic heterocycles. The highest BCUT2D eigenvalue weighted by Crippen LogP contribution is 2.30. The SMILES string of the molecule is CCNC(=O)Nc1ccc(N(C)C)c(CN(C(=O)c2cccs2)C(C)c2ccccc2)c1. The Morgan fingerprint density at radius 1 is 1.03 bits per heavy atom. The van der Waals surface area contributed by atoms with Gasteiger partial charge in [-0.2, -0.15) is 0 Å². The number of thiophene rings is 1. The Labute approximate surface area is 193 Å². The lowest BCUT2D eigenvalue weighted by Crippen LogP contribution is -2.33. The van der Waals surface area contributed by atoms with Crippen molar-refractivity contribution in [1.29, 1.82) is 0 Å². The predicted octanol–water partition coefficient (Wildman–Crippen LogP) is 5.36. The third-order valence-corrected chi connectivity index (χ3v) is 6.10. The maximum atomic E-state index is 13.5. The number of amides is 3. The molecule has 1 atom stereocenters. The quantitative estimate of drug-likeness (QED) is 0.486. The molecule has 1 aromatic heterocycles. The highest BCUT2D eigenvalue weighted by atomic mass is 32.1. The summed E-state index contributed by atoms with van der Waals surface area (Å²) in [6, 6.07) is 19.2. The van der Waals surface area contributed by atoms with Gasteiger partial charge in [-0.1, -0.05) is 36.4 Å². The van der Waals surface area contributed by atoms with Crippen molar-refractivity contribution in [2.45, 2.75) is 26.4 Å². The zero-order chi connectivity index (χ0) is 23.1. The summed E-state index contributed by atoms with van der Waals surface area (Å²) in [5.74, 6) is -0.0110. The van der Waals surface area contributed by atoms with Crippen molar-refractivity contribution in [1.82, 2.24) is 10.2 Å². The smallest absolute Gasteiger partial charge is 0.319 e. The van der Waals surface area contributed by atoms with E-state index in [0.717, 1.165) is 16.8 Å². The molecule has 2 N–H and O–H groups in total. The third-order valence-electron chi connectivity index (χ3n) is 5.24. The molecule has 0 spiro atoms. The Morgan fingerprint density at radius 3 is 2.41 bits per heavy atom. The van der Waals surface area contributed by atoms with Gasteiger partial charge in [-0.15, -0.1) is 11.3 Å². The van der Waals surface area contributed by atoms with Crippen LogP contribution in [-0.4, -0.2) is 37.5 Å². The molecule has 0 fully saturated rings. The van der Waals surface area contributed by atoms with Gasteiger partial charge >= 0.3 is 6.03 Å². The second kappa shape index (κ2) is 10.8. The van der Waals surface area contributed by atoms with Gasteiger partial charge in [0.2, 0.25) is 0 Å². The first kappa shape index (κ1) is 23.3. The van der Waals surface area contributed by atoms with Crippen LogP contribution >= 0.6 is 11.3 Å². The molecule has 3 rings (SSSR count). The Kier molecular flexibility index (Phi) is 7.89. The number of benzene rings is 2. The van der Waals surface area contributed by atoms with E-state index in [9.17, 15) is 9.59 Å². The molecule has 168 valence electrons.